The highest BCUT2D eigenvalue weighted by Crippen LogP contribution is 2.30. The van der Waals surface area contributed by atoms with Crippen LogP contribution >= 0.6 is 11.3 Å². The summed E-state index contributed by atoms with van der Waals surface area (Å²) in [4.78, 5) is 26.0. The number of hydrogen-bond donors (Lipinski definition) is 1. The van der Waals surface area contributed by atoms with E-state index in [0.717, 1.165) is 60.5 Å². The number of benzene rings is 2. The summed E-state index contributed by atoms with van der Waals surface area (Å²) in [5.41, 5.74) is 1.96. The van der Waals surface area contributed by atoms with E-state index >= 15 is 0 Å². The summed E-state index contributed by atoms with van der Waals surface area (Å²) in [6, 6.07) is 22.5. The highest BCUT2D eigenvalue weighted by Gasteiger charge is 2.26. The molecule has 5 rings (SSSR count). The Morgan fingerprint density at radius 1 is 0.969 bits per heavy atom. The van der Waals surface area contributed by atoms with Crippen LogP contribution in [0, 0.1) is 5.92 Å². The zero-order chi connectivity index (χ0) is 21.8. The Hall–Kier alpha value is -3.25. The van der Waals surface area contributed by atoms with Crippen LogP contribution in [0.25, 0.3) is 22.3 Å². The van der Waals surface area contributed by atoms with Crippen molar-refractivity contribution in [2.45, 2.75) is 19.3 Å². The first-order chi connectivity index (χ1) is 15.8. The fourth-order valence-electron chi connectivity index (χ4n) is 4.28. The van der Waals surface area contributed by atoms with Gasteiger partial charge in [0.05, 0.1) is 5.52 Å². The topological polar surface area (TPSA) is 58.1 Å². The maximum absolute atomic E-state index is 12.7. The number of rotatable bonds is 6. The molecule has 5 nitrogen and oxygen atoms in total. The van der Waals surface area contributed by atoms with Crippen LogP contribution in [0.3, 0.4) is 0 Å². The number of nitrogens with zero attached hydrogens (tertiary/aromatic N) is 3. The molecule has 3 heterocycles. The fourth-order valence-corrected chi connectivity index (χ4v) is 4.99. The predicted molar refractivity (Wildman–Crippen MR) is 131 cm³/mol. The molecule has 1 aliphatic heterocycles. The number of anilines is 1. The van der Waals surface area contributed by atoms with Crippen molar-refractivity contribution < 1.29 is 4.79 Å². The maximum Gasteiger partial charge on any atom is 0.223 e. The van der Waals surface area contributed by atoms with E-state index in [9.17, 15) is 4.79 Å². The number of aromatic nitrogens is 2. The second-order valence-electron chi connectivity index (χ2n) is 8.14. The third-order valence-electron chi connectivity index (χ3n) is 6.03. The van der Waals surface area contributed by atoms with Crippen LogP contribution in [0.15, 0.2) is 72.1 Å². The molecular weight excluding hydrogens is 416 g/mol. The van der Waals surface area contributed by atoms with Crippen molar-refractivity contribution in [1.29, 1.82) is 0 Å². The minimum atomic E-state index is 0.0660. The number of amides is 1. The molecule has 2 aromatic carbocycles. The number of hydrogen-bond acceptors (Lipinski definition) is 5. The summed E-state index contributed by atoms with van der Waals surface area (Å²) < 4.78 is 0. The molecule has 32 heavy (non-hydrogen) atoms. The average molecular weight is 443 g/mol. The molecule has 0 radical (unpaired) electrons. The first-order valence-corrected chi connectivity index (χ1v) is 12.0. The normalized spacial score (nSPS) is 14.6. The minimum Gasteiger partial charge on any atom is -0.356 e. The van der Waals surface area contributed by atoms with Gasteiger partial charge >= 0.3 is 0 Å². The Kier molecular flexibility index (Phi) is 6.12. The van der Waals surface area contributed by atoms with Crippen LogP contribution in [0.2, 0.25) is 0 Å². The monoisotopic (exact) mass is 442 g/mol. The number of para-hydroxylation sites is 1. The first-order valence-electron chi connectivity index (χ1n) is 11.2. The van der Waals surface area contributed by atoms with Gasteiger partial charge in [0.15, 0.2) is 5.82 Å². The van der Waals surface area contributed by atoms with Crippen LogP contribution in [-0.2, 0) is 11.2 Å². The van der Waals surface area contributed by atoms with E-state index in [0.29, 0.717) is 6.54 Å². The van der Waals surface area contributed by atoms with Crippen LogP contribution in [0.5, 0.6) is 0 Å². The quantitative estimate of drug-likeness (QED) is 0.460. The number of piperidine rings is 1. The molecule has 162 valence electrons. The third-order valence-corrected chi connectivity index (χ3v) is 6.97. The molecule has 1 saturated heterocycles. The zero-order valence-corrected chi connectivity index (χ0v) is 18.7. The Bertz CT molecular complexity index is 1190. The molecule has 6 heteroatoms. The van der Waals surface area contributed by atoms with Gasteiger partial charge in [0.2, 0.25) is 5.91 Å². The van der Waals surface area contributed by atoms with E-state index < -0.39 is 0 Å². The van der Waals surface area contributed by atoms with Crippen molar-refractivity contribution in [1.82, 2.24) is 15.3 Å². The van der Waals surface area contributed by atoms with Crippen molar-refractivity contribution in [3.05, 3.63) is 77.0 Å². The van der Waals surface area contributed by atoms with Crippen molar-refractivity contribution in [3.8, 4) is 11.4 Å². The van der Waals surface area contributed by atoms with E-state index in [1.165, 1.54) is 4.88 Å². The lowest BCUT2D eigenvalue weighted by Gasteiger charge is -2.33. The van der Waals surface area contributed by atoms with E-state index in [4.69, 9.17) is 9.97 Å². The fraction of sp³-hybridized carbons (Fsp3) is 0.269. The summed E-state index contributed by atoms with van der Waals surface area (Å²) in [7, 11) is 0. The Morgan fingerprint density at radius 3 is 2.53 bits per heavy atom. The molecule has 0 unspecified atom stereocenters. The zero-order valence-electron chi connectivity index (χ0n) is 17.9. The first kappa shape index (κ1) is 20.6. The maximum atomic E-state index is 12.7. The van der Waals surface area contributed by atoms with Crippen molar-refractivity contribution >= 4 is 34.0 Å². The van der Waals surface area contributed by atoms with Gasteiger partial charge < -0.3 is 10.2 Å². The van der Waals surface area contributed by atoms with Crippen LogP contribution in [-0.4, -0.2) is 35.5 Å². The van der Waals surface area contributed by atoms with Gasteiger partial charge in [0.25, 0.3) is 0 Å². The van der Waals surface area contributed by atoms with Gasteiger partial charge in [-0.3, -0.25) is 4.79 Å². The summed E-state index contributed by atoms with van der Waals surface area (Å²) in [6.45, 7) is 2.34. The summed E-state index contributed by atoms with van der Waals surface area (Å²) >= 11 is 1.74. The number of nitrogens with one attached hydrogen (secondary N) is 1. The molecule has 0 aliphatic carbocycles. The van der Waals surface area contributed by atoms with E-state index in [1.807, 2.05) is 48.5 Å². The molecule has 1 N–H and O–H groups in total. The van der Waals surface area contributed by atoms with Crippen molar-refractivity contribution in [3.63, 3.8) is 0 Å². The molecule has 0 spiro atoms. The minimum absolute atomic E-state index is 0.0660. The van der Waals surface area contributed by atoms with Crippen LogP contribution in [0.4, 0.5) is 5.82 Å². The van der Waals surface area contributed by atoms with Crippen LogP contribution in [0.1, 0.15) is 17.7 Å². The van der Waals surface area contributed by atoms with E-state index in [1.54, 1.807) is 11.3 Å². The van der Waals surface area contributed by atoms with Crippen molar-refractivity contribution in [2.75, 3.05) is 24.5 Å². The number of carbonyl (C=O) groups excluding carboxylic acids is 1. The summed E-state index contributed by atoms with van der Waals surface area (Å²) in [6.07, 6.45) is 2.57. The SMILES string of the molecule is O=C(NCCc1cccs1)C1CCN(c2nc(-c3ccccc3)nc3ccccc23)CC1. The van der Waals surface area contributed by atoms with Gasteiger partial charge in [-0.05, 0) is 42.8 Å². The molecule has 0 saturated carbocycles. The molecule has 1 fully saturated rings. The Balaban J connectivity index is 1.29. The molecule has 1 amide bonds. The Labute approximate surface area is 192 Å². The predicted octanol–water partition coefficient (Wildman–Crippen LogP) is 4.93. The van der Waals surface area contributed by atoms with Gasteiger partial charge in [-0.15, -0.1) is 11.3 Å². The van der Waals surface area contributed by atoms with Crippen molar-refractivity contribution in [2.24, 2.45) is 5.92 Å². The van der Waals surface area contributed by atoms with Gasteiger partial charge in [-0.25, -0.2) is 9.97 Å². The highest BCUT2D eigenvalue weighted by atomic mass is 32.1. The van der Waals surface area contributed by atoms with Gasteiger partial charge in [-0.1, -0.05) is 48.5 Å². The number of carbonyl (C=O) groups is 1. The lowest BCUT2D eigenvalue weighted by molar-refractivity contribution is -0.125. The highest BCUT2D eigenvalue weighted by molar-refractivity contribution is 7.09. The molecule has 0 bridgehead atoms. The molecule has 0 atom stereocenters. The van der Waals surface area contributed by atoms with Gasteiger partial charge in [0.1, 0.15) is 5.82 Å². The summed E-state index contributed by atoms with van der Waals surface area (Å²) in [5, 5.41) is 6.27. The lowest BCUT2D eigenvalue weighted by atomic mass is 9.95. The second kappa shape index (κ2) is 9.49. The lowest BCUT2D eigenvalue weighted by Crippen LogP contribution is -2.41. The van der Waals surface area contributed by atoms with Gasteiger partial charge in [-0.2, -0.15) is 0 Å². The smallest absolute Gasteiger partial charge is 0.223 e. The Morgan fingerprint density at radius 2 is 1.75 bits per heavy atom. The second-order valence-corrected chi connectivity index (χ2v) is 9.17. The third kappa shape index (κ3) is 4.50. The number of thiophene rings is 1. The summed E-state index contributed by atoms with van der Waals surface area (Å²) in [5.74, 6) is 1.95. The van der Waals surface area contributed by atoms with E-state index in [-0.39, 0.29) is 11.8 Å². The van der Waals surface area contributed by atoms with Crippen LogP contribution < -0.4 is 10.2 Å². The average Bonchev–Trinajstić information content (AvgIpc) is 3.37. The standard InChI is InChI=1S/C26H26N4OS/c31-26(27-15-12-21-9-6-18-32-21)20-13-16-30(17-14-20)25-22-10-4-5-11-23(22)28-24(29-25)19-7-2-1-3-8-19/h1-11,18,20H,12-17H2,(H,27,31). The largest absolute Gasteiger partial charge is 0.356 e. The molecule has 4 aromatic rings. The molecule has 2 aromatic heterocycles. The molecule has 1 aliphatic rings. The number of fused-ring (bicyclic) bond motifs is 1. The van der Waals surface area contributed by atoms with Gasteiger partial charge in [0, 0.05) is 41.4 Å². The van der Waals surface area contributed by atoms with E-state index in [2.05, 4.69) is 33.8 Å². The molecular formula is C26H26N4OS.